The number of hydrogen-bond acceptors (Lipinski definition) is 2. The monoisotopic (exact) mass is 234 g/mol. The number of rotatable bonds is 4. The van der Waals surface area contributed by atoms with Gasteiger partial charge < -0.3 is 10.6 Å². The fourth-order valence-electron chi connectivity index (χ4n) is 1.53. The average molecular weight is 234 g/mol. The molecule has 0 unspecified atom stereocenters. The van der Waals surface area contributed by atoms with Crippen LogP contribution in [0.5, 0.6) is 0 Å². The molecule has 0 saturated heterocycles. The van der Waals surface area contributed by atoms with Gasteiger partial charge in [-0.15, -0.1) is 0 Å². The van der Waals surface area contributed by atoms with E-state index in [9.17, 15) is 9.59 Å². The number of hydrogen-bond donors (Lipinski definition) is 2. The zero-order chi connectivity index (χ0) is 12.8. The second kappa shape index (κ2) is 6.03. The number of amides is 2. The van der Waals surface area contributed by atoms with Crippen LogP contribution in [-0.4, -0.2) is 17.9 Å². The van der Waals surface area contributed by atoms with Crippen LogP contribution in [0.2, 0.25) is 0 Å². The van der Waals surface area contributed by atoms with Gasteiger partial charge in [0, 0.05) is 6.92 Å². The summed E-state index contributed by atoms with van der Waals surface area (Å²) in [6, 6.07) is 9.10. The molecule has 2 N–H and O–H groups in total. The summed E-state index contributed by atoms with van der Waals surface area (Å²) in [6.45, 7) is 4.96. The number of nitrogens with one attached hydrogen (secondary N) is 2. The molecule has 0 aliphatic rings. The van der Waals surface area contributed by atoms with Gasteiger partial charge >= 0.3 is 0 Å². The van der Waals surface area contributed by atoms with Gasteiger partial charge in [0.05, 0.1) is 6.04 Å². The third kappa shape index (κ3) is 4.26. The topological polar surface area (TPSA) is 58.2 Å². The lowest BCUT2D eigenvalue weighted by atomic mass is 10.1. The Labute approximate surface area is 101 Å². The Kier molecular flexibility index (Phi) is 4.69. The normalized spacial score (nSPS) is 13.6. The molecule has 0 spiro atoms. The lowest BCUT2D eigenvalue weighted by Gasteiger charge is -2.18. The highest BCUT2D eigenvalue weighted by atomic mass is 16.2. The molecule has 17 heavy (non-hydrogen) atoms. The van der Waals surface area contributed by atoms with Gasteiger partial charge in [-0.25, -0.2) is 0 Å². The van der Waals surface area contributed by atoms with E-state index in [0.29, 0.717) is 0 Å². The molecule has 0 radical (unpaired) electrons. The van der Waals surface area contributed by atoms with E-state index in [1.165, 1.54) is 6.92 Å². The van der Waals surface area contributed by atoms with Gasteiger partial charge in [-0.1, -0.05) is 30.3 Å². The van der Waals surface area contributed by atoms with E-state index in [-0.39, 0.29) is 17.9 Å². The first-order valence-corrected chi connectivity index (χ1v) is 5.63. The van der Waals surface area contributed by atoms with Gasteiger partial charge in [0.25, 0.3) is 0 Å². The van der Waals surface area contributed by atoms with Crippen molar-refractivity contribution in [3.05, 3.63) is 35.9 Å². The van der Waals surface area contributed by atoms with E-state index in [2.05, 4.69) is 10.6 Å². The van der Waals surface area contributed by atoms with Crippen molar-refractivity contribution in [2.75, 3.05) is 0 Å². The second-order valence-corrected chi connectivity index (χ2v) is 4.06. The first-order chi connectivity index (χ1) is 8.00. The minimum atomic E-state index is -0.515. The number of carbonyl (C=O) groups excluding carboxylic acids is 2. The molecule has 0 aliphatic heterocycles. The summed E-state index contributed by atoms with van der Waals surface area (Å²) in [5, 5.41) is 5.40. The highest BCUT2D eigenvalue weighted by Gasteiger charge is 2.16. The Hall–Kier alpha value is -1.84. The molecule has 1 aromatic rings. The average Bonchev–Trinajstić information content (AvgIpc) is 2.29. The van der Waals surface area contributed by atoms with Gasteiger partial charge in [-0.2, -0.15) is 0 Å². The highest BCUT2D eigenvalue weighted by molar-refractivity contribution is 5.86. The summed E-state index contributed by atoms with van der Waals surface area (Å²) >= 11 is 0. The summed E-state index contributed by atoms with van der Waals surface area (Å²) in [5.41, 5.74) is 1.04. The molecule has 0 saturated carbocycles. The molecule has 0 aromatic heterocycles. The van der Waals surface area contributed by atoms with Crippen LogP contribution in [0.3, 0.4) is 0 Å². The van der Waals surface area contributed by atoms with Crippen LogP contribution >= 0.6 is 0 Å². The molecule has 4 heteroatoms. The van der Waals surface area contributed by atoms with E-state index in [4.69, 9.17) is 0 Å². The quantitative estimate of drug-likeness (QED) is 0.827. The summed E-state index contributed by atoms with van der Waals surface area (Å²) in [7, 11) is 0. The molecule has 92 valence electrons. The van der Waals surface area contributed by atoms with Crippen molar-refractivity contribution >= 4 is 11.8 Å². The zero-order valence-electron chi connectivity index (χ0n) is 10.4. The fraction of sp³-hybridized carbons (Fsp3) is 0.385. The Balaban J connectivity index is 2.54. The van der Waals surface area contributed by atoms with E-state index in [1.54, 1.807) is 6.92 Å². The molecule has 0 aliphatic carbocycles. The third-order valence-corrected chi connectivity index (χ3v) is 2.47. The molecule has 2 atom stereocenters. The van der Waals surface area contributed by atoms with E-state index in [0.717, 1.165) is 5.56 Å². The first-order valence-electron chi connectivity index (χ1n) is 5.63. The Morgan fingerprint density at radius 1 is 1.06 bits per heavy atom. The number of carbonyl (C=O) groups is 2. The second-order valence-electron chi connectivity index (χ2n) is 4.06. The van der Waals surface area contributed by atoms with Gasteiger partial charge in [-0.05, 0) is 19.4 Å². The largest absolute Gasteiger partial charge is 0.348 e. The molecular formula is C13H18N2O2. The SMILES string of the molecule is CC(=O)N[C@H](C)C(=O)N[C@@H](C)c1ccccc1. The molecule has 0 fully saturated rings. The Morgan fingerprint density at radius 3 is 2.18 bits per heavy atom. The lowest BCUT2D eigenvalue weighted by molar-refractivity contribution is -0.128. The minimum absolute atomic E-state index is 0.0695. The van der Waals surface area contributed by atoms with E-state index < -0.39 is 6.04 Å². The van der Waals surface area contributed by atoms with Crippen molar-refractivity contribution in [2.24, 2.45) is 0 Å². The highest BCUT2D eigenvalue weighted by Crippen LogP contribution is 2.10. The molecule has 0 bridgehead atoms. The first kappa shape index (κ1) is 13.2. The lowest BCUT2D eigenvalue weighted by Crippen LogP contribution is -2.44. The van der Waals surface area contributed by atoms with E-state index >= 15 is 0 Å². The van der Waals surface area contributed by atoms with Crippen molar-refractivity contribution < 1.29 is 9.59 Å². The van der Waals surface area contributed by atoms with Gasteiger partial charge in [0.2, 0.25) is 11.8 Å². The maximum atomic E-state index is 11.7. The van der Waals surface area contributed by atoms with Crippen LogP contribution in [0.1, 0.15) is 32.4 Å². The fourth-order valence-corrected chi connectivity index (χ4v) is 1.53. The summed E-state index contributed by atoms with van der Waals surface area (Å²) < 4.78 is 0. The van der Waals surface area contributed by atoms with Crippen LogP contribution in [0, 0.1) is 0 Å². The van der Waals surface area contributed by atoms with Gasteiger partial charge in [-0.3, -0.25) is 9.59 Å². The number of benzene rings is 1. The standard InChI is InChI=1S/C13H18N2O2/c1-9(12-7-5-4-6-8-12)15-13(17)10(2)14-11(3)16/h4-10H,1-3H3,(H,14,16)(H,15,17)/t9-,10+/m0/s1. The predicted octanol–water partition coefficient (Wildman–Crippen LogP) is 1.39. The predicted molar refractivity (Wildman–Crippen MR) is 66.3 cm³/mol. The maximum Gasteiger partial charge on any atom is 0.242 e. The molecule has 1 rings (SSSR count). The van der Waals surface area contributed by atoms with Crippen molar-refractivity contribution in [3.8, 4) is 0 Å². The summed E-state index contributed by atoms with van der Waals surface area (Å²) in [4.78, 5) is 22.6. The summed E-state index contributed by atoms with van der Waals surface area (Å²) in [5.74, 6) is -0.392. The van der Waals surface area contributed by atoms with Crippen molar-refractivity contribution in [2.45, 2.75) is 32.9 Å². The Morgan fingerprint density at radius 2 is 1.65 bits per heavy atom. The van der Waals surface area contributed by atoms with Crippen molar-refractivity contribution in [1.29, 1.82) is 0 Å². The molecule has 2 amide bonds. The van der Waals surface area contributed by atoms with Crippen LogP contribution < -0.4 is 10.6 Å². The van der Waals surface area contributed by atoms with Crippen LogP contribution in [0.15, 0.2) is 30.3 Å². The Bertz CT molecular complexity index is 390. The molecular weight excluding hydrogens is 216 g/mol. The summed E-state index contributed by atoms with van der Waals surface area (Å²) in [6.07, 6.45) is 0. The van der Waals surface area contributed by atoms with Crippen molar-refractivity contribution in [1.82, 2.24) is 10.6 Å². The third-order valence-electron chi connectivity index (χ3n) is 2.47. The van der Waals surface area contributed by atoms with Gasteiger partial charge in [0.15, 0.2) is 0 Å². The van der Waals surface area contributed by atoms with Crippen LogP contribution in [0.25, 0.3) is 0 Å². The molecule has 1 aromatic carbocycles. The van der Waals surface area contributed by atoms with Crippen LogP contribution in [-0.2, 0) is 9.59 Å². The maximum absolute atomic E-state index is 11.7. The van der Waals surface area contributed by atoms with Crippen molar-refractivity contribution in [3.63, 3.8) is 0 Å². The smallest absolute Gasteiger partial charge is 0.242 e. The molecule has 0 heterocycles. The van der Waals surface area contributed by atoms with Crippen LogP contribution in [0.4, 0.5) is 0 Å². The minimum Gasteiger partial charge on any atom is -0.348 e. The van der Waals surface area contributed by atoms with Gasteiger partial charge in [0.1, 0.15) is 6.04 Å². The zero-order valence-corrected chi connectivity index (χ0v) is 10.4. The molecule has 4 nitrogen and oxygen atoms in total. The van der Waals surface area contributed by atoms with E-state index in [1.807, 2.05) is 37.3 Å².